The van der Waals surface area contributed by atoms with Gasteiger partial charge in [0, 0.05) is 24.8 Å². The van der Waals surface area contributed by atoms with Crippen molar-refractivity contribution in [3.05, 3.63) is 38.3 Å². The van der Waals surface area contributed by atoms with Crippen LogP contribution < -0.4 is 5.56 Å². The molecule has 0 aliphatic rings. The molecule has 0 radical (unpaired) electrons. The van der Waals surface area contributed by atoms with E-state index in [-0.39, 0.29) is 17.9 Å². The Hall–Kier alpha value is -1.69. The van der Waals surface area contributed by atoms with Gasteiger partial charge in [-0.3, -0.25) is 14.9 Å². The second-order valence-electron chi connectivity index (χ2n) is 3.56. The lowest BCUT2D eigenvalue weighted by Crippen LogP contribution is -2.20. The van der Waals surface area contributed by atoms with Crippen LogP contribution in [0.5, 0.6) is 0 Å². The van der Waals surface area contributed by atoms with Crippen LogP contribution in [0.1, 0.15) is 18.4 Å². The van der Waals surface area contributed by atoms with Gasteiger partial charge in [0.2, 0.25) is 0 Å². The van der Waals surface area contributed by atoms with Crippen LogP contribution in [0.3, 0.4) is 0 Å². The average Bonchev–Trinajstić information content (AvgIpc) is 2.21. The summed E-state index contributed by atoms with van der Waals surface area (Å²) in [5, 5.41) is 19.3. The third-order valence-corrected chi connectivity index (χ3v) is 2.31. The number of aliphatic hydroxyl groups excluding tert-OH is 1. The first kappa shape index (κ1) is 12.4. The number of aromatic nitrogens is 1. The fourth-order valence-electron chi connectivity index (χ4n) is 1.41. The highest BCUT2D eigenvalue weighted by Crippen LogP contribution is 2.14. The van der Waals surface area contributed by atoms with Gasteiger partial charge in [-0.1, -0.05) is 0 Å². The summed E-state index contributed by atoms with van der Waals surface area (Å²) in [7, 11) is 0. The number of unbranched alkanes of at least 4 members (excludes halogenated alkanes) is 1. The Morgan fingerprint density at radius 3 is 2.75 bits per heavy atom. The molecule has 0 unspecified atom stereocenters. The zero-order valence-electron chi connectivity index (χ0n) is 9.05. The van der Waals surface area contributed by atoms with Gasteiger partial charge in [0.1, 0.15) is 0 Å². The summed E-state index contributed by atoms with van der Waals surface area (Å²) in [5.74, 6) is 0. The van der Waals surface area contributed by atoms with Crippen LogP contribution in [0.2, 0.25) is 0 Å². The molecule has 0 spiro atoms. The minimum atomic E-state index is -0.503. The third-order valence-electron chi connectivity index (χ3n) is 2.31. The van der Waals surface area contributed by atoms with Gasteiger partial charge in [-0.25, -0.2) is 0 Å². The lowest BCUT2D eigenvalue weighted by Gasteiger charge is -2.05. The number of hydrogen-bond donors (Lipinski definition) is 1. The summed E-state index contributed by atoms with van der Waals surface area (Å²) >= 11 is 0. The summed E-state index contributed by atoms with van der Waals surface area (Å²) in [6.07, 6.45) is 2.46. The molecule has 6 nitrogen and oxygen atoms in total. The summed E-state index contributed by atoms with van der Waals surface area (Å²) in [5.41, 5.74) is 0.0676. The largest absolute Gasteiger partial charge is 0.396 e. The van der Waals surface area contributed by atoms with E-state index in [1.807, 2.05) is 0 Å². The zero-order chi connectivity index (χ0) is 12.1. The quantitative estimate of drug-likeness (QED) is 0.458. The van der Waals surface area contributed by atoms with E-state index in [0.717, 1.165) is 0 Å². The minimum Gasteiger partial charge on any atom is -0.396 e. The zero-order valence-corrected chi connectivity index (χ0v) is 9.05. The minimum absolute atomic E-state index is 0.0522. The molecule has 16 heavy (non-hydrogen) atoms. The van der Waals surface area contributed by atoms with Gasteiger partial charge >= 0.3 is 0 Å². The molecule has 0 aliphatic heterocycles. The summed E-state index contributed by atoms with van der Waals surface area (Å²) < 4.78 is 1.31. The normalized spacial score (nSPS) is 10.4. The first-order valence-electron chi connectivity index (χ1n) is 5.02. The van der Waals surface area contributed by atoms with Crippen LogP contribution in [0.15, 0.2) is 17.1 Å². The SMILES string of the molecule is Cc1cc(=O)n(CCCCO)cc1[N+](=O)[O-]. The van der Waals surface area contributed by atoms with Gasteiger partial charge in [-0.15, -0.1) is 0 Å². The number of aryl methyl sites for hydroxylation is 2. The van der Waals surface area contributed by atoms with E-state index >= 15 is 0 Å². The van der Waals surface area contributed by atoms with E-state index in [1.54, 1.807) is 0 Å². The topological polar surface area (TPSA) is 85.4 Å². The van der Waals surface area contributed by atoms with Crippen LogP contribution in [0, 0.1) is 17.0 Å². The molecule has 0 amide bonds. The lowest BCUT2D eigenvalue weighted by molar-refractivity contribution is -0.385. The smallest absolute Gasteiger partial charge is 0.288 e. The van der Waals surface area contributed by atoms with E-state index in [1.165, 1.54) is 23.8 Å². The molecular formula is C10H14N2O4. The molecule has 88 valence electrons. The highest BCUT2D eigenvalue weighted by Gasteiger charge is 2.12. The van der Waals surface area contributed by atoms with Gasteiger partial charge in [0.15, 0.2) is 0 Å². The number of aliphatic hydroxyl groups is 1. The fourth-order valence-corrected chi connectivity index (χ4v) is 1.41. The molecule has 1 rings (SSSR count). The highest BCUT2D eigenvalue weighted by molar-refractivity contribution is 5.35. The van der Waals surface area contributed by atoms with Crippen LogP contribution in [0.25, 0.3) is 0 Å². The van der Waals surface area contributed by atoms with Crippen LogP contribution in [-0.4, -0.2) is 21.2 Å². The summed E-state index contributed by atoms with van der Waals surface area (Å²) in [6.45, 7) is 1.99. The second-order valence-corrected chi connectivity index (χ2v) is 3.56. The van der Waals surface area contributed by atoms with Gasteiger partial charge in [0.25, 0.3) is 11.2 Å². The third kappa shape index (κ3) is 2.90. The number of nitrogens with zero attached hydrogens (tertiary/aromatic N) is 2. The molecule has 0 aromatic carbocycles. The fraction of sp³-hybridized carbons (Fsp3) is 0.500. The Balaban J connectivity index is 2.96. The van der Waals surface area contributed by atoms with Crippen molar-refractivity contribution in [3.63, 3.8) is 0 Å². The molecule has 1 N–H and O–H groups in total. The molecule has 0 bridgehead atoms. The van der Waals surface area contributed by atoms with Crippen molar-refractivity contribution < 1.29 is 10.0 Å². The van der Waals surface area contributed by atoms with Crippen molar-refractivity contribution >= 4 is 5.69 Å². The average molecular weight is 226 g/mol. The molecule has 0 atom stereocenters. The van der Waals surface area contributed by atoms with E-state index < -0.39 is 4.92 Å². The Morgan fingerprint density at radius 2 is 2.19 bits per heavy atom. The van der Waals surface area contributed by atoms with Crippen molar-refractivity contribution in [3.8, 4) is 0 Å². The first-order valence-corrected chi connectivity index (χ1v) is 5.02. The van der Waals surface area contributed by atoms with Crippen LogP contribution in [-0.2, 0) is 6.54 Å². The van der Waals surface area contributed by atoms with Crippen molar-refractivity contribution in [2.45, 2.75) is 26.3 Å². The molecule has 1 heterocycles. The maximum atomic E-state index is 11.5. The Morgan fingerprint density at radius 1 is 1.50 bits per heavy atom. The van der Waals surface area contributed by atoms with Gasteiger partial charge in [0.05, 0.1) is 11.1 Å². The molecular weight excluding hydrogens is 212 g/mol. The van der Waals surface area contributed by atoms with Crippen molar-refractivity contribution in [2.75, 3.05) is 6.61 Å². The van der Waals surface area contributed by atoms with Crippen molar-refractivity contribution in [1.82, 2.24) is 4.57 Å². The number of nitro groups is 1. The highest BCUT2D eigenvalue weighted by atomic mass is 16.6. The van der Waals surface area contributed by atoms with E-state index in [4.69, 9.17) is 5.11 Å². The molecule has 6 heteroatoms. The lowest BCUT2D eigenvalue weighted by atomic mass is 10.2. The molecule has 0 saturated heterocycles. The van der Waals surface area contributed by atoms with Crippen molar-refractivity contribution in [2.24, 2.45) is 0 Å². The summed E-state index contributed by atoms with van der Waals surface area (Å²) in [6, 6.07) is 1.26. The van der Waals surface area contributed by atoms with Gasteiger partial charge in [-0.2, -0.15) is 0 Å². The summed E-state index contributed by atoms with van der Waals surface area (Å²) in [4.78, 5) is 21.6. The maximum absolute atomic E-state index is 11.5. The number of pyridine rings is 1. The van der Waals surface area contributed by atoms with Gasteiger partial charge in [-0.05, 0) is 19.8 Å². The van der Waals surface area contributed by atoms with Crippen molar-refractivity contribution in [1.29, 1.82) is 0 Å². The molecule has 0 saturated carbocycles. The van der Waals surface area contributed by atoms with Gasteiger partial charge < -0.3 is 9.67 Å². The van der Waals surface area contributed by atoms with E-state index in [0.29, 0.717) is 24.9 Å². The number of hydrogen-bond acceptors (Lipinski definition) is 4. The van der Waals surface area contributed by atoms with E-state index in [2.05, 4.69) is 0 Å². The Kier molecular flexibility index (Phi) is 4.19. The second kappa shape index (κ2) is 5.41. The molecule has 0 fully saturated rings. The maximum Gasteiger partial charge on any atom is 0.288 e. The standard InChI is InChI=1S/C10H14N2O4/c1-8-6-10(14)11(4-2-3-5-13)7-9(8)12(15)16/h6-7,13H,2-5H2,1H3. The molecule has 0 aliphatic carbocycles. The monoisotopic (exact) mass is 226 g/mol. The first-order chi connectivity index (χ1) is 7.56. The molecule has 1 aromatic rings. The number of rotatable bonds is 5. The van der Waals surface area contributed by atoms with Crippen LogP contribution >= 0.6 is 0 Å². The predicted molar refractivity (Wildman–Crippen MR) is 58.4 cm³/mol. The Labute approximate surface area is 92.3 Å². The Bertz CT molecular complexity index is 439. The predicted octanol–water partition coefficient (Wildman–Crippen LogP) is 0.837. The van der Waals surface area contributed by atoms with E-state index in [9.17, 15) is 14.9 Å². The van der Waals surface area contributed by atoms with Crippen LogP contribution in [0.4, 0.5) is 5.69 Å². The molecule has 1 aromatic heterocycles.